The average molecular weight is 272 g/mol. The molecule has 0 saturated carbocycles. The van der Waals surface area contributed by atoms with E-state index in [9.17, 15) is 0 Å². The van der Waals surface area contributed by atoms with Crippen LogP contribution < -0.4 is 10.1 Å². The molecule has 3 heteroatoms. The molecule has 108 valence electrons. The van der Waals surface area contributed by atoms with Crippen LogP contribution in [-0.2, 0) is 19.5 Å². The largest absolute Gasteiger partial charge is 0.496 e. The van der Waals surface area contributed by atoms with Crippen LogP contribution in [0.5, 0.6) is 5.75 Å². The fraction of sp³-hybridized carbons (Fsp3) is 0.412. The topological polar surface area (TPSA) is 26.2 Å². The zero-order valence-electron chi connectivity index (χ0n) is 12.6. The molecule has 20 heavy (non-hydrogen) atoms. The number of ether oxygens (including phenoxy) is 1. The molecule has 3 nitrogen and oxygen atoms in total. The Morgan fingerprint density at radius 3 is 2.75 bits per heavy atom. The summed E-state index contributed by atoms with van der Waals surface area (Å²) in [4.78, 5) is 0. The first kappa shape index (κ1) is 14.7. The van der Waals surface area contributed by atoms with Gasteiger partial charge in [0.2, 0.25) is 0 Å². The lowest BCUT2D eigenvalue weighted by Gasteiger charge is -2.16. The minimum absolute atomic E-state index is 0.409. The highest BCUT2D eigenvalue weighted by molar-refractivity contribution is 5.33. The van der Waals surface area contributed by atoms with Crippen molar-refractivity contribution in [2.75, 3.05) is 7.11 Å². The molecule has 0 radical (unpaired) electrons. The maximum atomic E-state index is 5.40. The zero-order chi connectivity index (χ0) is 14.4. The van der Waals surface area contributed by atoms with E-state index < -0.39 is 0 Å². The minimum atomic E-state index is 0.409. The van der Waals surface area contributed by atoms with Crippen molar-refractivity contribution < 1.29 is 4.74 Å². The van der Waals surface area contributed by atoms with E-state index >= 15 is 0 Å². The van der Waals surface area contributed by atoms with Gasteiger partial charge in [-0.2, -0.15) is 0 Å². The monoisotopic (exact) mass is 272 g/mol. The average Bonchev–Trinajstić information content (AvgIpc) is 2.93. The van der Waals surface area contributed by atoms with Gasteiger partial charge in [-0.25, -0.2) is 0 Å². The lowest BCUT2D eigenvalue weighted by molar-refractivity contribution is 0.405. The Balaban J connectivity index is 1.91. The van der Waals surface area contributed by atoms with Crippen molar-refractivity contribution in [1.82, 2.24) is 9.88 Å². The Morgan fingerprint density at radius 1 is 1.20 bits per heavy atom. The van der Waals surface area contributed by atoms with Crippen LogP contribution in [0.4, 0.5) is 0 Å². The summed E-state index contributed by atoms with van der Waals surface area (Å²) < 4.78 is 7.67. The van der Waals surface area contributed by atoms with E-state index in [0.29, 0.717) is 6.04 Å². The van der Waals surface area contributed by atoms with Gasteiger partial charge in [0.1, 0.15) is 5.75 Å². The molecule has 2 aromatic rings. The van der Waals surface area contributed by atoms with Gasteiger partial charge in [0.25, 0.3) is 0 Å². The number of hydrogen-bond acceptors (Lipinski definition) is 2. The zero-order valence-corrected chi connectivity index (χ0v) is 12.6. The van der Waals surface area contributed by atoms with Gasteiger partial charge in [-0.3, -0.25) is 0 Å². The van der Waals surface area contributed by atoms with Crippen molar-refractivity contribution in [3.8, 4) is 5.75 Å². The number of nitrogens with zero attached hydrogens (tertiary/aromatic N) is 1. The van der Waals surface area contributed by atoms with Gasteiger partial charge in [-0.05, 0) is 44.0 Å². The summed E-state index contributed by atoms with van der Waals surface area (Å²) in [6.07, 6.45) is 3.10. The summed E-state index contributed by atoms with van der Waals surface area (Å²) in [7, 11) is 1.73. The van der Waals surface area contributed by atoms with Crippen LogP contribution in [0.1, 0.15) is 25.1 Å². The number of nitrogens with one attached hydrogen (secondary N) is 1. The van der Waals surface area contributed by atoms with Crippen LogP contribution in [0.2, 0.25) is 0 Å². The predicted molar refractivity (Wildman–Crippen MR) is 83.1 cm³/mol. The van der Waals surface area contributed by atoms with E-state index in [-0.39, 0.29) is 0 Å². The fourth-order valence-electron chi connectivity index (χ4n) is 2.47. The van der Waals surface area contributed by atoms with Crippen molar-refractivity contribution in [2.45, 2.75) is 39.4 Å². The molecule has 0 saturated heterocycles. The van der Waals surface area contributed by atoms with E-state index in [1.165, 1.54) is 11.3 Å². The van der Waals surface area contributed by atoms with Gasteiger partial charge < -0.3 is 14.6 Å². The molecule has 0 aliphatic rings. The van der Waals surface area contributed by atoms with E-state index in [1.54, 1.807) is 7.11 Å². The van der Waals surface area contributed by atoms with Crippen LogP contribution in [-0.4, -0.2) is 17.7 Å². The SMILES string of the molecule is CCn1cccc1CNC(C)Cc1ccccc1OC. The molecule has 1 heterocycles. The standard InChI is InChI=1S/C17H24N2O/c1-4-19-11-7-9-16(19)13-18-14(2)12-15-8-5-6-10-17(15)20-3/h5-11,14,18H,4,12-13H2,1-3H3. The third-order valence-electron chi connectivity index (χ3n) is 3.61. The molecule has 1 atom stereocenters. The highest BCUT2D eigenvalue weighted by Crippen LogP contribution is 2.18. The number of methoxy groups -OCH3 is 1. The van der Waals surface area contributed by atoms with E-state index in [1.807, 2.05) is 12.1 Å². The maximum absolute atomic E-state index is 5.40. The van der Waals surface area contributed by atoms with E-state index in [2.05, 4.69) is 54.2 Å². The van der Waals surface area contributed by atoms with Crippen LogP contribution in [0, 0.1) is 0 Å². The van der Waals surface area contributed by atoms with Gasteiger partial charge in [-0.1, -0.05) is 18.2 Å². The van der Waals surface area contributed by atoms with Gasteiger partial charge in [-0.15, -0.1) is 0 Å². The van der Waals surface area contributed by atoms with Crippen LogP contribution >= 0.6 is 0 Å². The highest BCUT2D eigenvalue weighted by Gasteiger charge is 2.08. The summed E-state index contributed by atoms with van der Waals surface area (Å²) in [5, 5.41) is 3.58. The second-order valence-corrected chi connectivity index (χ2v) is 5.08. The number of hydrogen-bond donors (Lipinski definition) is 1. The highest BCUT2D eigenvalue weighted by atomic mass is 16.5. The van der Waals surface area contributed by atoms with Crippen LogP contribution in [0.25, 0.3) is 0 Å². The van der Waals surface area contributed by atoms with Crippen molar-refractivity contribution in [1.29, 1.82) is 0 Å². The summed E-state index contributed by atoms with van der Waals surface area (Å²) >= 11 is 0. The summed E-state index contributed by atoms with van der Waals surface area (Å²) in [5.74, 6) is 0.970. The molecular weight excluding hydrogens is 248 g/mol. The first-order chi connectivity index (χ1) is 9.74. The third-order valence-corrected chi connectivity index (χ3v) is 3.61. The van der Waals surface area contributed by atoms with Gasteiger partial charge in [0, 0.05) is 31.0 Å². The number of rotatable bonds is 7. The summed E-state index contributed by atoms with van der Waals surface area (Å²) in [5.41, 5.74) is 2.58. The van der Waals surface area contributed by atoms with Gasteiger partial charge in [0.15, 0.2) is 0 Å². The van der Waals surface area contributed by atoms with Crippen molar-refractivity contribution in [3.63, 3.8) is 0 Å². The molecule has 2 rings (SSSR count). The van der Waals surface area contributed by atoms with Gasteiger partial charge >= 0.3 is 0 Å². The van der Waals surface area contributed by atoms with Crippen molar-refractivity contribution >= 4 is 0 Å². The van der Waals surface area contributed by atoms with E-state index in [4.69, 9.17) is 4.74 Å². The second kappa shape index (κ2) is 7.15. The molecule has 0 spiro atoms. The summed E-state index contributed by atoms with van der Waals surface area (Å²) in [6, 6.07) is 12.9. The Labute approximate surface area is 121 Å². The molecule has 0 bridgehead atoms. The van der Waals surface area contributed by atoms with Gasteiger partial charge in [0.05, 0.1) is 7.11 Å². The Kier molecular flexibility index (Phi) is 5.24. The molecule has 1 aromatic carbocycles. The molecule has 1 N–H and O–H groups in total. The van der Waals surface area contributed by atoms with Crippen molar-refractivity contribution in [2.24, 2.45) is 0 Å². The summed E-state index contributed by atoms with van der Waals surface area (Å²) in [6.45, 7) is 6.30. The molecular formula is C17H24N2O. The van der Waals surface area contributed by atoms with Crippen LogP contribution in [0.3, 0.4) is 0 Å². The molecule has 0 fully saturated rings. The Bertz CT molecular complexity index is 533. The third kappa shape index (κ3) is 3.64. The quantitative estimate of drug-likeness (QED) is 0.837. The maximum Gasteiger partial charge on any atom is 0.122 e. The molecule has 0 aliphatic carbocycles. The number of benzene rings is 1. The molecule has 1 unspecified atom stereocenters. The van der Waals surface area contributed by atoms with E-state index in [0.717, 1.165) is 25.3 Å². The minimum Gasteiger partial charge on any atom is -0.496 e. The van der Waals surface area contributed by atoms with Crippen LogP contribution in [0.15, 0.2) is 42.6 Å². The lowest BCUT2D eigenvalue weighted by Crippen LogP contribution is -2.28. The molecule has 0 amide bonds. The predicted octanol–water partition coefficient (Wildman–Crippen LogP) is 3.24. The number of aryl methyl sites for hydroxylation is 1. The smallest absolute Gasteiger partial charge is 0.122 e. The molecule has 0 aliphatic heterocycles. The second-order valence-electron chi connectivity index (χ2n) is 5.08. The number of aromatic nitrogens is 1. The number of para-hydroxylation sites is 1. The Hall–Kier alpha value is -1.74. The fourth-order valence-corrected chi connectivity index (χ4v) is 2.47. The first-order valence-electron chi connectivity index (χ1n) is 7.24. The molecule has 1 aromatic heterocycles. The van der Waals surface area contributed by atoms with Crippen molar-refractivity contribution in [3.05, 3.63) is 53.9 Å². The normalized spacial score (nSPS) is 12.3. The lowest BCUT2D eigenvalue weighted by atomic mass is 10.1. The first-order valence-corrected chi connectivity index (χ1v) is 7.24. The Morgan fingerprint density at radius 2 is 2.00 bits per heavy atom.